The van der Waals surface area contributed by atoms with Gasteiger partial charge in [-0.1, -0.05) is 12.8 Å². The first-order valence-electron chi connectivity index (χ1n) is 3.21. The molecule has 1 N–H and O–H groups in total. The van der Waals surface area contributed by atoms with E-state index < -0.39 is 6.09 Å². The highest BCUT2D eigenvalue weighted by Gasteiger charge is 1.92. The predicted octanol–water partition coefficient (Wildman–Crippen LogP) is 1.10. The summed E-state index contributed by atoms with van der Waals surface area (Å²) in [5.41, 5.74) is 0. The lowest BCUT2D eigenvalue weighted by Crippen LogP contribution is -2.18. The van der Waals surface area contributed by atoms with E-state index >= 15 is 0 Å². The van der Waals surface area contributed by atoms with E-state index in [1.54, 1.807) is 6.92 Å². The molecule has 0 heterocycles. The number of carbonyl (C=O) groups is 1. The summed E-state index contributed by atoms with van der Waals surface area (Å²) in [5.74, 6) is 2.68. The minimum absolute atomic E-state index is 0.375. The van der Waals surface area contributed by atoms with Gasteiger partial charge in [0.05, 0.1) is 6.61 Å². The van der Waals surface area contributed by atoms with Crippen LogP contribution in [0.4, 0.5) is 4.79 Å². The third-order valence-electron chi connectivity index (χ3n) is 0.705. The van der Waals surface area contributed by atoms with E-state index in [1.807, 2.05) is 6.92 Å². The van der Waals surface area contributed by atoms with Crippen LogP contribution in [0.15, 0.2) is 0 Å². The van der Waals surface area contributed by atoms with Crippen LogP contribution in [0.25, 0.3) is 0 Å². The molecule has 56 valence electrons. The molecule has 10 heavy (non-hydrogen) atoms. The number of nitrogens with one attached hydrogen (secondary N) is 1. The van der Waals surface area contributed by atoms with Crippen molar-refractivity contribution in [3.63, 3.8) is 0 Å². The van der Waals surface area contributed by atoms with Gasteiger partial charge in [-0.25, -0.2) is 10.1 Å². The Morgan fingerprint density at radius 3 is 2.80 bits per heavy atom. The van der Waals surface area contributed by atoms with Crippen molar-refractivity contribution >= 4 is 6.09 Å². The Morgan fingerprint density at radius 2 is 2.30 bits per heavy atom. The van der Waals surface area contributed by atoms with Crippen LogP contribution in [0.5, 0.6) is 0 Å². The van der Waals surface area contributed by atoms with Gasteiger partial charge in [-0.15, -0.1) is 0 Å². The van der Waals surface area contributed by atoms with Gasteiger partial charge in [0.15, 0.2) is 0 Å². The molecular weight excluding hydrogens is 130 g/mol. The van der Waals surface area contributed by atoms with Crippen molar-refractivity contribution in [3.05, 3.63) is 0 Å². The summed E-state index contributed by atoms with van der Waals surface area (Å²) in [4.78, 5) is 10.5. The number of hydrogen-bond acceptors (Lipinski definition) is 2. The average molecular weight is 141 g/mol. The topological polar surface area (TPSA) is 38.3 Å². The van der Waals surface area contributed by atoms with E-state index in [9.17, 15) is 4.79 Å². The molecule has 0 aromatic heterocycles. The molecule has 0 unspecified atom stereocenters. The zero-order valence-electron chi connectivity index (χ0n) is 6.23. The van der Waals surface area contributed by atoms with Crippen molar-refractivity contribution in [1.29, 1.82) is 0 Å². The van der Waals surface area contributed by atoms with Gasteiger partial charge in [-0.2, -0.15) is 0 Å². The van der Waals surface area contributed by atoms with Gasteiger partial charge in [-0.3, -0.25) is 0 Å². The fourth-order valence-electron chi connectivity index (χ4n) is 0.351. The lowest BCUT2D eigenvalue weighted by molar-refractivity contribution is 0.157. The fraction of sp³-hybridized carbons (Fsp3) is 0.571. The second-order valence-electron chi connectivity index (χ2n) is 1.50. The number of ether oxygens (including phenoxy) is 1. The Kier molecular flexibility index (Phi) is 5.26. The molecule has 0 aliphatic heterocycles. The lowest BCUT2D eigenvalue weighted by Gasteiger charge is -1.95. The van der Waals surface area contributed by atoms with Crippen LogP contribution in [-0.2, 0) is 4.74 Å². The Bertz CT molecular complexity index is 155. The summed E-state index contributed by atoms with van der Waals surface area (Å²) in [5, 5.41) is 2.26. The van der Waals surface area contributed by atoms with Crippen LogP contribution in [0, 0.1) is 12.0 Å². The molecule has 0 bridgehead atoms. The smallest absolute Gasteiger partial charge is 0.418 e. The van der Waals surface area contributed by atoms with Crippen LogP contribution >= 0.6 is 0 Å². The quantitative estimate of drug-likeness (QED) is 0.438. The molecular formula is C7H11NO2. The monoisotopic (exact) mass is 141 g/mol. The van der Waals surface area contributed by atoms with Gasteiger partial charge in [0.25, 0.3) is 0 Å². The second kappa shape index (κ2) is 5.96. The van der Waals surface area contributed by atoms with Gasteiger partial charge < -0.3 is 4.74 Å². The molecule has 0 saturated carbocycles. The lowest BCUT2D eigenvalue weighted by atomic mass is 10.5. The normalized spacial score (nSPS) is 7.40. The highest BCUT2D eigenvalue weighted by atomic mass is 16.5. The zero-order valence-corrected chi connectivity index (χ0v) is 6.23. The number of hydrogen-bond donors (Lipinski definition) is 1. The summed E-state index contributed by atoms with van der Waals surface area (Å²) < 4.78 is 4.54. The number of amides is 1. The van der Waals surface area contributed by atoms with Crippen molar-refractivity contribution in [1.82, 2.24) is 5.32 Å². The maximum absolute atomic E-state index is 10.5. The maximum atomic E-state index is 10.5. The summed E-state index contributed by atoms with van der Waals surface area (Å²) >= 11 is 0. The van der Waals surface area contributed by atoms with Gasteiger partial charge in [0.2, 0.25) is 0 Å². The predicted molar refractivity (Wildman–Crippen MR) is 38.2 cm³/mol. The minimum Gasteiger partial charge on any atom is -0.449 e. The first kappa shape index (κ1) is 8.83. The van der Waals surface area contributed by atoms with E-state index in [0.29, 0.717) is 6.61 Å². The summed E-state index contributed by atoms with van der Waals surface area (Å²) in [6.07, 6.45) is 0.246. The van der Waals surface area contributed by atoms with Crippen LogP contribution in [0.1, 0.15) is 20.3 Å². The fourth-order valence-corrected chi connectivity index (χ4v) is 0.351. The summed E-state index contributed by atoms with van der Waals surface area (Å²) in [7, 11) is 0. The summed E-state index contributed by atoms with van der Waals surface area (Å²) in [6, 6.07) is 2.45. The van der Waals surface area contributed by atoms with E-state index in [0.717, 1.165) is 6.42 Å². The summed E-state index contributed by atoms with van der Waals surface area (Å²) in [6.45, 7) is 4.02. The zero-order chi connectivity index (χ0) is 7.82. The van der Waals surface area contributed by atoms with Gasteiger partial charge >= 0.3 is 6.09 Å². The first-order valence-corrected chi connectivity index (χ1v) is 3.21. The molecule has 0 aliphatic carbocycles. The third kappa shape index (κ3) is 4.98. The molecule has 0 aromatic rings. The highest BCUT2D eigenvalue weighted by molar-refractivity contribution is 5.69. The van der Waals surface area contributed by atoms with Crippen LogP contribution in [0.3, 0.4) is 0 Å². The minimum atomic E-state index is -0.483. The molecule has 0 atom stereocenters. The molecule has 0 rings (SSSR count). The molecule has 0 saturated heterocycles. The molecule has 3 heteroatoms. The maximum Gasteiger partial charge on any atom is 0.418 e. The number of carbonyl (C=O) groups excluding carboxylic acids is 1. The molecule has 3 nitrogen and oxygen atoms in total. The highest BCUT2D eigenvalue weighted by Crippen LogP contribution is 1.73. The van der Waals surface area contributed by atoms with Crippen LogP contribution in [0.2, 0.25) is 0 Å². The van der Waals surface area contributed by atoms with Crippen molar-refractivity contribution in [2.75, 3.05) is 6.61 Å². The van der Waals surface area contributed by atoms with E-state index in [-0.39, 0.29) is 0 Å². The van der Waals surface area contributed by atoms with E-state index in [2.05, 4.69) is 22.0 Å². The third-order valence-corrected chi connectivity index (χ3v) is 0.705. The molecule has 0 aromatic carbocycles. The molecule has 0 radical (unpaired) electrons. The SMILES string of the molecule is CCC#CNC(=O)OCC. The van der Waals surface area contributed by atoms with Crippen LogP contribution < -0.4 is 5.32 Å². The van der Waals surface area contributed by atoms with Crippen molar-refractivity contribution < 1.29 is 9.53 Å². The molecule has 1 amide bonds. The standard InChI is InChI=1S/C7H11NO2/c1-3-5-6-8-7(9)10-4-2/h3-4H2,1-2H3,(H,8,9). The van der Waals surface area contributed by atoms with Crippen molar-refractivity contribution in [2.24, 2.45) is 0 Å². The average Bonchev–Trinajstić information content (AvgIpc) is 1.89. The van der Waals surface area contributed by atoms with Gasteiger partial charge in [0.1, 0.15) is 0 Å². The first-order chi connectivity index (χ1) is 4.81. The molecule has 0 aliphatic rings. The Morgan fingerprint density at radius 1 is 1.60 bits per heavy atom. The second-order valence-corrected chi connectivity index (χ2v) is 1.50. The van der Waals surface area contributed by atoms with Gasteiger partial charge in [0, 0.05) is 12.5 Å². The Hall–Kier alpha value is -1.17. The van der Waals surface area contributed by atoms with E-state index in [4.69, 9.17) is 0 Å². The number of rotatable bonds is 1. The van der Waals surface area contributed by atoms with Crippen LogP contribution in [-0.4, -0.2) is 12.7 Å². The number of alkyl carbamates (subject to hydrolysis) is 1. The largest absolute Gasteiger partial charge is 0.449 e. The molecule has 0 fully saturated rings. The van der Waals surface area contributed by atoms with Crippen molar-refractivity contribution in [3.8, 4) is 12.0 Å². The Labute approximate surface area is 60.8 Å². The van der Waals surface area contributed by atoms with Crippen molar-refractivity contribution in [2.45, 2.75) is 20.3 Å². The van der Waals surface area contributed by atoms with Gasteiger partial charge in [-0.05, 0) is 6.92 Å². The van der Waals surface area contributed by atoms with E-state index in [1.165, 1.54) is 0 Å². The molecule has 0 spiro atoms. The Balaban J connectivity index is 3.39.